The van der Waals surface area contributed by atoms with Gasteiger partial charge in [0.05, 0.1) is 6.07 Å². The first-order valence-electron chi connectivity index (χ1n) is 3.31. The van der Waals surface area contributed by atoms with E-state index in [1.165, 1.54) is 0 Å². The summed E-state index contributed by atoms with van der Waals surface area (Å²) >= 11 is 0. The van der Waals surface area contributed by atoms with Gasteiger partial charge < -0.3 is 4.52 Å². The zero-order valence-corrected chi connectivity index (χ0v) is 6.30. The molecule has 1 aromatic heterocycles. The van der Waals surface area contributed by atoms with Gasteiger partial charge in [0.15, 0.2) is 0 Å². The van der Waals surface area contributed by atoms with Gasteiger partial charge in [0.1, 0.15) is 0 Å². The molecule has 1 heterocycles. The minimum atomic E-state index is -4.59. The van der Waals surface area contributed by atoms with Crippen molar-refractivity contribution in [2.24, 2.45) is 0 Å². The van der Waals surface area contributed by atoms with Gasteiger partial charge in [-0.3, -0.25) is 0 Å². The summed E-state index contributed by atoms with van der Waals surface area (Å²) in [7, 11) is 0. The fraction of sp³-hybridized carbons (Fsp3) is 0.500. The predicted molar refractivity (Wildman–Crippen MR) is 33.2 cm³/mol. The summed E-state index contributed by atoms with van der Waals surface area (Å²) in [6, 6.07) is 1.76. The molecule has 0 radical (unpaired) electrons. The minimum absolute atomic E-state index is 0.0413. The van der Waals surface area contributed by atoms with Crippen molar-refractivity contribution in [2.45, 2.75) is 19.0 Å². The molecule has 13 heavy (non-hydrogen) atoms. The van der Waals surface area contributed by atoms with Gasteiger partial charge in [0.25, 0.3) is 5.82 Å². The molecule has 0 N–H and O–H groups in total. The number of nitrogens with zero attached hydrogens (tertiary/aromatic N) is 3. The van der Waals surface area contributed by atoms with Gasteiger partial charge in [-0.2, -0.15) is 23.4 Å². The van der Waals surface area contributed by atoms with E-state index in [9.17, 15) is 13.2 Å². The first-order chi connectivity index (χ1) is 6.04. The van der Waals surface area contributed by atoms with Crippen molar-refractivity contribution in [1.82, 2.24) is 10.1 Å². The van der Waals surface area contributed by atoms with Crippen LogP contribution in [0.3, 0.4) is 0 Å². The Morgan fingerprint density at radius 3 is 2.62 bits per heavy atom. The molecule has 0 unspecified atom stereocenters. The van der Waals surface area contributed by atoms with E-state index in [1.807, 2.05) is 0 Å². The number of aromatic nitrogens is 2. The molecule has 0 aromatic carbocycles. The average Bonchev–Trinajstić information content (AvgIpc) is 2.47. The molecule has 4 nitrogen and oxygen atoms in total. The van der Waals surface area contributed by atoms with Crippen LogP contribution in [0.4, 0.5) is 13.2 Å². The second-order valence-electron chi connectivity index (χ2n) is 2.17. The molecular weight excluding hydrogens is 187 g/mol. The molecule has 0 bridgehead atoms. The molecule has 0 saturated heterocycles. The highest BCUT2D eigenvalue weighted by atomic mass is 19.4. The van der Waals surface area contributed by atoms with Crippen LogP contribution in [0.1, 0.15) is 18.1 Å². The summed E-state index contributed by atoms with van der Waals surface area (Å²) in [5, 5.41) is 10.9. The Morgan fingerprint density at radius 1 is 1.46 bits per heavy atom. The van der Waals surface area contributed by atoms with Gasteiger partial charge in [-0.05, 0) is 0 Å². The highest BCUT2D eigenvalue weighted by molar-refractivity contribution is 4.92. The summed E-state index contributed by atoms with van der Waals surface area (Å²) in [5.74, 6) is -1.48. The smallest absolute Gasteiger partial charge is 0.339 e. The van der Waals surface area contributed by atoms with Crippen molar-refractivity contribution in [2.75, 3.05) is 0 Å². The van der Waals surface area contributed by atoms with E-state index in [0.717, 1.165) is 0 Å². The van der Waals surface area contributed by atoms with Gasteiger partial charge in [0.2, 0.25) is 5.89 Å². The Balaban J connectivity index is 2.71. The number of rotatable bonds is 2. The molecule has 1 rings (SSSR count). The van der Waals surface area contributed by atoms with Gasteiger partial charge in [-0.15, -0.1) is 0 Å². The Kier molecular flexibility index (Phi) is 2.51. The van der Waals surface area contributed by atoms with E-state index in [1.54, 1.807) is 6.07 Å². The maximum atomic E-state index is 11.9. The van der Waals surface area contributed by atoms with Crippen LogP contribution < -0.4 is 0 Å². The molecular formula is C6H4F3N3O. The quantitative estimate of drug-likeness (QED) is 0.711. The maximum absolute atomic E-state index is 11.9. The number of aryl methyl sites for hydroxylation is 1. The standard InChI is InChI=1S/C6H4F3N3O/c7-6(8,9)5-11-4(13-12-5)2-1-3-10/h1-2H2. The molecule has 0 fully saturated rings. The monoisotopic (exact) mass is 191 g/mol. The summed E-state index contributed by atoms with van der Waals surface area (Å²) in [4.78, 5) is 3.07. The molecule has 0 spiro atoms. The zero-order chi connectivity index (χ0) is 9.90. The fourth-order valence-electron chi connectivity index (χ4n) is 0.634. The van der Waals surface area contributed by atoms with Crippen LogP contribution in [0.25, 0.3) is 0 Å². The Morgan fingerprint density at radius 2 is 2.15 bits per heavy atom. The van der Waals surface area contributed by atoms with Crippen LogP contribution in [0.2, 0.25) is 0 Å². The average molecular weight is 191 g/mol. The first-order valence-corrected chi connectivity index (χ1v) is 3.31. The van der Waals surface area contributed by atoms with E-state index in [2.05, 4.69) is 14.7 Å². The van der Waals surface area contributed by atoms with Gasteiger partial charge in [-0.1, -0.05) is 5.16 Å². The number of halogens is 3. The van der Waals surface area contributed by atoms with Crippen LogP contribution in [0, 0.1) is 11.3 Å². The van der Waals surface area contributed by atoms with Crippen LogP contribution >= 0.6 is 0 Å². The van der Waals surface area contributed by atoms with Crippen LogP contribution in [0.15, 0.2) is 4.52 Å². The SMILES string of the molecule is N#CCCc1nc(C(F)(F)F)no1. The van der Waals surface area contributed by atoms with Crippen LogP contribution in [-0.2, 0) is 12.6 Å². The Hall–Kier alpha value is -1.58. The van der Waals surface area contributed by atoms with Crippen molar-refractivity contribution in [3.63, 3.8) is 0 Å². The molecule has 0 aliphatic carbocycles. The predicted octanol–water partition coefficient (Wildman–Crippen LogP) is 1.54. The van der Waals surface area contributed by atoms with Crippen molar-refractivity contribution in [1.29, 1.82) is 5.26 Å². The highest BCUT2D eigenvalue weighted by Gasteiger charge is 2.37. The third-order valence-corrected chi connectivity index (χ3v) is 1.17. The Labute approximate surface area is 71.0 Å². The van der Waals surface area contributed by atoms with Crippen LogP contribution in [0.5, 0.6) is 0 Å². The van der Waals surface area contributed by atoms with Crippen LogP contribution in [-0.4, -0.2) is 10.1 Å². The second kappa shape index (κ2) is 3.43. The number of hydrogen-bond donors (Lipinski definition) is 0. The van der Waals surface area contributed by atoms with Crippen molar-refractivity contribution < 1.29 is 17.7 Å². The summed E-state index contributed by atoms with van der Waals surface area (Å²) < 4.78 is 39.9. The van der Waals surface area contributed by atoms with Crippen molar-refractivity contribution in [3.05, 3.63) is 11.7 Å². The molecule has 0 saturated carbocycles. The van der Waals surface area contributed by atoms with Crippen molar-refractivity contribution in [3.8, 4) is 6.07 Å². The Bertz CT molecular complexity index is 325. The van der Waals surface area contributed by atoms with E-state index < -0.39 is 12.0 Å². The van der Waals surface area contributed by atoms with Gasteiger partial charge in [-0.25, -0.2) is 0 Å². The summed E-state index contributed by atoms with van der Waals surface area (Å²) in [6.45, 7) is 0. The maximum Gasteiger partial charge on any atom is 0.455 e. The number of nitriles is 1. The van der Waals surface area contributed by atoms with E-state index in [4.69, 9.17) is 5.26 Å². The topological polar surface area (TPSA) is 62.7 Å². The lowest BCUT2D eigenvalue weighted by atomic mass is 10.3. The zero-order valence-electron chi connectivity index (χ0n) is 6.30. The first kappa shape index (κ1) is 9.51. The van der Waals surface area contributed by atoms with Crippen molar-refractivity contribution >= 4 is 0 Å². The molecule has 70 valence electrons. The van der Waals surface area contributed by atoms with E-state index in [0.29, 0.717) is 0 Å². The third kappa shape index (κ3) is 2.43. The number of hydrogen-bond acceptors (Lipinski definition) is 4. The van der Waals surface area contributed by atoms with Gasteiger partial charge in [0, 0.05) is 12.8 Å². The van der Waals surface area contributed by atoms with Gasteiger partial charge >= 0.3 is 6.18 Å². The number of alkyl halides is 3. The summed E-state index contributed by atoms with van der Waals surface area (Å²) in [6.07, 6.45) is -4.49. The largest absolute Gasteiger partial charge is 0.455 e. The lowest BCUT2D eigenvalue weighted by Crippen LogP contribution is -2.07. The molecule has 0 amide bonds. The third-order valence-electron chi connectivity index (χ3n) is 1.17. The second-order valence-corrected chi connectivity index (χ2v) is 2.17. The fourth-order valence-corrected chi connectivity index (χ4v) is 0.634. The molecule has 0 atom stereocenters. The highest BCUT2D eigenvalue weighted by Crippen LogP contribution is 2.26. The molecule has 0 aliphatic heterocycles. The molecule has 1 aromatic rings. The van der Waals surface area contributed by atoms with E-state index in [-0.39, 0.29) is 18.7 Å². The molecule has 7 heteroatoms. The summed E-state index contributed by atoms with van der Waals surface area (Å²) in [5.41, 5.74) is 0. The lowest BCUT2D eigenvalue weighted by Gasteiger charge is -1.95. The normalized spacial score (nSPS) is 11.2. The van der Waals surface area contributed by atoms with E-state index >= 15 is 0 Å². The minimum Gasteiger partial charge on any atom is -0.339 e. The lowest BCUT2D eigenvalue weighted by molar-refractivity contribution is -0.146. The molecule has 0 aliphatic rings.